The smallest absolute Gasteiger partial charge is 0.220 e. The maximum Gasteiger partial charge on any atom is 0.220 e. The second-order valence-electron chi connectivity index (χ2n) is 8.62. The molecular weight excluding hydrogens is 342 g/mol. The zero-order chi connectivity index (χ0) is 18.9. The molecule has 2 N–H and O–H groups in total. The van der Waals surface area contributed by atoms with Crippen LogP contribution in [-0.2, 0) is 4.79 Å². The molecule has 1 fully saturated rings. The summed E-state index contributed by atoms with van der Waals surface area (Å²) < 4.78 is 3.35. The van der Waals surface area contributed by atoms with Crippen LogP contribution in [0.15, 0.2) is 12.2 Å². The summed E-state index contributed by atoms with van der Waals surface area (Å²) in [5, 5.41) is 3.81. The van der Waals surface area contributed by atoms with Gasteiger partial charge in [-0.05, 0) is 43.9 Å². The molecular formula is C21H39N3OS. The number of amides is 1. The molecule has 1 saturated heterocycles. The lowest BCUT2D eigenvalue weighted by Crippen LogP contribution is -2.46. The molecule has 4 atom stereocenters. The summed E-state index contributed by atoms with van der Waals surface area (Å²) in [6.45, 7) is 12.5. The Morgan fingerprint density at radius 2 is 1.88 bits per heavy atom. The number of unbranched alkanes of at least 4 members (excludes halogenated alkanes) is 1. The van der Waals surface area contributed by atoms with Crippen molar-refractivity contribution in [2.45, 2.75) is 83.6 Å². The topological polar surface area (TPSA) is 44.4 Å². The minimum Gasteiger partial charge on any atom is -0.350 e. The Bertz CT molecular complexity index is 445. The maximum absolute atomic E-state index is 12.1. The number of likely N-dealkylation sites (tertiary alicyclic amines) is 1. The summed E-state index contributed by atoms with van der Waals surface area (Å²) in [6, 6.07) is 0.797. The fraction of sp³-hybridized carbons (Fsp3) is 0.857. The normalized spacial score (nSPS) is 29.9. The summed E-state index contributed by atoms with van der Waals surface area (Å²) in [5.74, 6) is 1.81. The highest BCUT2D eigenvalue weighted by Gasteiger charge is 2.28. The Labute approximate surface area is 165 Å². The van der Waals surface area contributed by atoms with Gasteiger partial charge in [-0.2, -0.15) is 0 Å². The first-order valence-electron chi connectivity index (χ1n) is 10.5. The van der Waals surface area contributed by atoms with E-state index in [1.165, 1.54) is 19.5 Å². The van der Waals surface area contributed by atoms with Crippen LogP contribution in [0.5, 0.6) is 0 Å². The predicted octanol–water partition coefficient (Wildman–Crippen LogP) is 3.98. The molecule has 1 heterocycles. The molecule has 0 aromatic carbocycles. The van der Waals surface area contributed by atoms with Gasteiger partial charge in [0.05, 0.1) is 0 Å². The molecule has 150 valence electrons. The molecule has 0 radical (unpaired) electrons. The quantitative estimate of drug-likeness (QED) is 0.360. The molecule has 0 aromatic rings. The number of carbonyl (C=O) groups excluding carboxylic acids is 1. The average molecular weight is 382 g/mol. The van der Waals surface area contributed by atoms with E-state index in [9.17, 15) is 4.79 Å². The van der Waals surface area contributed by atoms with Gasteiger partial charge >= 0.3 is 0 Å². The second-order valence-corrected chi connectivity index (χ2v) is 10.1. The summed E-state index contributed by atoms with van der Waals surface area (Å²) >= 11 is 1.77. The SMILES string of the molecule is CC1CC(C)CN(C2C=CC(NC(=O)CCCCNSC(C)C)CC2)C1. The number of rotatable bonds is 9. The van der Waals surface area contributed by atoms with Gasteiger partial charge in [-0.15, -0.1) is 0 Å². The highest BCUT2D eigenvalue weighted by Crippen LogP contribution is 2.26. The van der Waals surface area contributed by atoms with Crippen LogP contribution in [0.1, 0.15) is 66.2 Å². The molecule has 0 bridgehead atoms. The number of nitrogens with one attached hydrogen (secondary N) is 2. The summed E-state index contributed by atoms with van der Waals surface area (Å²) in [6.07, 6.45) is 10.8. The van der Waals surface area contributed by atoms with Crippen molar-refractivity contribution in [1.29, 1.82) is 0 Å². The maximum atomic E-state index is 12.1. The van der Waals surface area contributed by atoms with Crippen LogP contribution in [0.3, 0.4) is 0 Å². The summed E-state index contributed by atoms with van der Waals surface area (Å²) in [5.41, 5.74) is 0. The van der Waals surface area contributed by atoms with Crippen molar-refractivity contribution in [2.75, 3.05) is 19.6 Å². The summed E-state index contributed by atoms with van der Waals surface area (Å²) in [7, 11) is 0. The third-order valence-electron chi connectivity index (χ3n) is 5.30. The van der Waals surface area contributed by atoms with Gasteiger partial charge in [0.15, 0.2) is 0 Å². The van der Waals surface area contributed by atoms with Crippen molar-refractivity contribution in [3.05, 3.63) is 12.2 Å². The van der Waals surface area contributed by atoms with Crippen molar-refractivity contribution < 1.29 is 4.79 Å². The molecule has 0 saturated carbocycles. The molecule has 4 unspecified atom stereocenters. The van der Waals surface area contributed by atoms with Crippen LogP contribution in [0.4, 0.5) is 0 Å². The van der Waals surface area contributed by atoms with E-state index in [1.54, 1.807) is 11.9 Å². The zero-order valence-corrected chi connectivity index (χ0v) is 18.0. The van der Waals surface area contributed by atoms with E-state index in [-0.39, 0.29) is 11.9 Å². The van der Waals surface area contributed by atoms with Crippen molar-refractivity contribution >= 4 is 17.9 Å². The highest BCUT2D eigenvalue weighted by atomic mass is 32.2. The minimum atomic E-state index is 0.204. The van der Waals surface area contributed by atoms with E-state index < -0.39 is 0 Å². The van der Waals surface area contributed by atoms with E-state index in [0.29, 0.717) is 17.7 Å². The lowest BCUT2D eigenvalue weighted by molar-refractivity contribution is -0.121. The number of hydrogen-bond donors (Lipinski definition) is 2. The van der Waals surface area contributed by atoms with Crippen molar-refractivity contribution in [3.8, 4) is 0 Å². The van der Waals surface area contributed by atoms with Crippen LogP contribution in [0.2, 0.25) is 0 Å². The molecule has 1 amide bonds. The lowest BCUT2D eigenvalue weighted by Gasteiger charge is -2.40. The van der Waals surface area contributed by atoms with Crippen molar-refractivity contribution in [3.63, 3.8) is 0 Å². The van der Waals surface area contributed by atoms with Crippen LogP contribution < -0.4 is 10.0 Å². The van der Waals surface area contributed by atoms with Gasteiger partial charge in [0, 0.05) is 43.4 Å². The number of piperidine rings is 1. The van der Waals surface area contributed by atoms with Crippen molar-refractivity contribution in [1.82, 2.24) is 14.9 Å². The predicted molar refractivity (Wildman–Crippen MR) is 113 cm³/mol. The highest BCUT2D eigenvalue weighted by molar-refractivity contribution is 7.97. The minimum absolute atomic E-state index is 0.204. The Morgan fingerprint density at radius 1 is 1.15 bits per heavy atom. The van der Waals surface area contributed by atoms with Gasteiger partial charge in [-0.25, -0.2) is 0 Å². The number of nitrogens with zero attached hydrogens (tertiary/aromatic N) is 1. The van der Waals surface area contributed by atoms with Gasteiger partial charge in [0.1, 0.15) is 0 Å². The Kier molecular flexibility index (Phi) is 9.51. The fourth-order valence-electron chi connectivity index (χ4n) is 4.20. The van der Waals surface area contributed by atoms with Crippen LogP contribution in [-0.4, -0.2) is 47.8 Å². The van der Waals surface area contributed by atoms with Gasteiger partial charge in [-0.1, -0.05) is 51.8 Å². The van der Waals surface area contributed by atoms with Crippen LogP contribution in [0.25, 0.3) is 0 Å². The lowest BCUT2D eigenvalue weighted by atomic mass is 9.88. The van der Waals surface area contributed by atoms with Crippen molar-refractivity contribution in [2.24, 2.45) is 11.8 Å². The zero-order valence-electron chi connectivity index (χ0n) is 17.2. The molecule has 1 aliphatic carbocycles. The third-order valence-corrected chi connectivity index (χ3v) is 6.15. The van der Waals surface area contributed by atoms with Gasteiger partial charge < -0.3 is 5.32 Å². The Hall–Kier alpha value is -0.520. The van der Waals surface area contributed by atoms with E-state index in [4.69, 9.17) is 0 Å². The molecule has 5 heteroatoms. The number of hydrogen-bond acceptors (Lipinski definition) is 4. The van der Waals surface area contributed by atoms with E-state index >= 15 is 0 Å². The van der Waals surface area contributed by atoms with E-state index in [0.717, 1.165) is 44.1 Å². The first-order valence-corrected chi connectivity index (χ1v) is 11.4. The molecule has 26 heavy (non-hydrogen) atoms. The van der Waals surface area contributed by atoms with Gasteiger partial charge in [0.25, 0.3) is 0 Å². The second kappa shape index (κ2) is 11.4. The largest absolute Gasteiger partial charge is 0.350 e. The molecule has 1 aliphatic heterocycles. The standard InChI is InChI=1S/C21H39N3OS/c1-16(2)26-22-12-6-5-7-21(25)23-19-8-10-20(11-9-19)24-14-17(3)13-18(4)15-24/h8,10,16-20,22H,5-7,9,11-15H2,1-4H3,(H,23,25). The van der Waals surface area contributed by atoms with Gasteiger partial charge in [-0.3, -0.25) is 14.4 Å². The van der Waals surface area contributed by atoms with Crippen LogP contribution >= 0.6 is 11.9 Å². The summed E-state index contributed by atoms with van der Waals surface area (Å²) in [4.78, 5) is 14.8. The van der Waals surface area contributed by atoms with Gasteiger partial charge in [0.2, 0.25) is 5.91 Å². The van der Waals surface area contributed by atoms with E-state index in [1.807, 2.05) is 0 Å². The molecule has 0 spiro atoms. The van der Waals surface area contributed by atoms with Crippen LogP contribution in [0, 0.1) is 11.8 Å². The Morgan fingerprint density at radius 3 is 2.50 bits per heavy atom. The Balaban J connectivity index is 1.61. The average Bonchev–Trinajstić information content (AvgIpc) is 2.57. The molecule has 0 aromatic heterocycles. The fourth-order valence-corrected chi connectivity index (χ4v) is 4.79. The van der Waals surface area contributed by atoms with E-state index in [2.05, 4.69) is 54.8 Å². The molecule has 4 nitrogen and oxygen atoms in total. The molecule has 2 rings (SSSR count). The first-order chi connectivity index (χ1) is 12.4. The number of carbonyl (C=O) groups is 1. The first kappa shape index (κ1) is 21.8. The monoisotopic (exact) mass is 381 g/mol. The molecule has 2 aliphatic rings. The third kappa shape index (κ3) is 8.01.